The van der Waals surface area contributed by atoms with Gasteiger partial charge in [-0.3, -0.25) is 0 Å². The van der Waals surface area contributed by atoms with Crippen LogP contribution in [0.3, 0.4) is 0 Å². The van der Waals surface area contributed by atoms with Gasteiger partial charge in [-0.2, -0.15) is 0 Å². The number of nitrogens with zero attached hydrogens (tertiary/aromatic N) is 3. The van der Waals surface area contributed by atoms with Gasteiger partial charge in [0, 0.05) is 5.56 Å². The predicted octanol–water partition coefficient (Wildman–Crippen LogP) is 2.26. The molecule has 0 aliphatic heterocycles. The van der Waals surface area contributed by atoms with E-state index in [1.54, 1.807) is 6.92 Å². The van der Waals surface area contributed by atoms with Crippen molar-refractivity contribution in [3.05, 3.63) is 36.0 Å². The molecular formula is C12H11F2N3O2. The van der Waals surface area contributed by atoms with Crippen LogP contribution in [0.25, 0.3) is 11.3 Å². The highest BCUT2D eigenvalue weighted by atomic mass is 19.2. The summed E-state index contributed by atoms with van der Waals surface area (Å²) in [5.74, 6) is -3.03. The lowest BCUT2D eigenvalue weighted by Gasteiger charge is -2.13. The molecule has 7 heteroatoms. The quantitative estimate of drug-likeness (QED) is 0.922. The summed E-state index contributed by atoms with van der Waals surface area (Å²) in [6.07, 6.45) is 1.62. The molecule has 5 nitrogen and oxygen atoms in total. The molecule has 2 aromatic rings. The molecule has 0 spiro atoms. The fourth-order valence-corrected chi connectivity index (χ4v) is 1.79. The summed E-state index contributed by atoms with van der Waals surface area (Å²) in [5.41, 5.74) is 0.650. The largest absolute Gasteiger partial charge is 0.480 e. The maximum Gasteiger partial charge on any atom is 0.328 e. The van der Waals surface area contributed by atoms with E-state index in [4.69, 9.17) is 5.11 Å². The van der Waals surface area contributed by atoms with Crippen molar-refractivity contribution in [2.24, 2.45) is 0 Å². The van der Waals surface area contributed by atoms with Crippen molar-refractivity contribution in [1.82, 2.24) is 15.0 Å². The zero-order valence-electron chi connectivity index (χ0n) is 10.0. The molecule has 0 aliphatic carbocycles. The van der Waals surface area contributed by atoms with E-state index in [0.29, 0.717) is 17.7 Å². The molecule has 2 rings (SSSR count). The predicted molar refractivity (Wildman–Crippen MR) is 62.3 cm³/mol. The Morgan fingerprint density at radius 3 is 2.74 bits per heavy atom. The van der Waals surface area contributed by atoms with E-state index in [2.05, 4.69) is 10.3 Å². The minimum Gasteiger partial charge on any atom is -0.480 e. The number of aromatic nitrogens is 3. The lowest BCUT2D eigenvalue weighted by Crippen LogP contribution is -2.20. The van der Waals surface area contributed by atoms with Gasteiger partial charge in [0.05, 0.1) is 11.9 Å². The number of rotatable bonds is 4. The standard InChI is InChI=1S/C12H11F2N3O2/c1-2-10(12(18)19)17-11(6-15-16-17)7-3-4-8(13)9(14)5-7/h3-6,10H,2H2,1H3,(H,18,19). The van der Waals surface area contributed by atoms with Crippen LogP contribution in [0.4, 0.5) is 8.78 Å². The van der Waals surface area contributed by atoms with Crippen molar-refractivity contribution in [1.29, 1.82) is 0 Å². The maximum absolute atomic E-state index is 13.2. The molecule has 1 unspecified atom stereocenters. The van der Waals surface area contributed by atoms with Gasteiger partial charge in [-0.25, -0.2) is 18.3 Å². The third-order valence-corrected chi connectivity index (χ3v) is 2.76. The number of hydrogen-bond donors (Lipinski definition) is 1. The van der Waals surface area contributed by atoms with Crippen molar-refractivity contribution in [3.8, 4) is 11.3 Å². The Hall–Kier alpha value is -2.31. The van der Waals surface area contributed by atoms with Crippen LogP contribution in [-0.2, 0) is 4.79 Å². The molecule has 0 amide bonds. The van der Waals surface area contributed by atoms with Crippen LogP contribution < -0.4 is 0 Å². The Morgan fingerprint density at radius 1 is 1.42 bits per heavy atom. The van der Waals surface area contributed by atoms with E-state index >= 15 is 0 Å². The minimum atomic E-state index is -1.06. The summed E-state index contributed by atoms with van der Waals surface area (Å²) >= 11 is 0. The summed E-state index contributed by atoms with van der Waals surface area (Å²) in [6, 6.07) is 2.41. The van der Waals surface area contributed by atoms with E-state index in [0.717, 1.165) is 12.1 Å². The summed E-state index contributed by atoms with van der Waals surface area (Å²) in [7, 11) is 0. The molecular weight excluding hydrogens is 256 g/mol. The second kappa shape index (κ2) is 5.13. The van der Waals surface area contributed by atoms with E-state index in [1.165, 1.54) is 16.9 Å². The van der Waals surface area contributed by atoms with Gasteiger partial charge in [-0.1, -0.05) is 12.1 Å². The number of carbonyl (C=O) groups is 1. The lowest BCUT2D eigenvalue weighted by atomic mass is 10.1. The molecule has 1 heterocycles. The Balaban J connectivity index is 2.49. The first-order chi connectivity index (χ1) is 9.04. The van der Waals surface area contributed by atoms with Gasteiger partial charge >= 0.3 is 5.97 Å². The van der Waals surface area contributed by atoms with Gasteiger partial charge in [-0.05, 0) is 24.6 Å². The molecule has 100 valence electrons. The van der Waals surface area contributed by atoms with Crippen LogP contribution >= 0.6 is 0 Å². The molecule has 1 aromatic heterocycles. The van der Waals surface area contributed by atoms with E-state index < -0.39 is 23.6 Å². The van der Waals surface area contributed by atoms with Crippen LogP contribution in [0.5, 0.6) is 0 Å². The van der Waals surface area contributed by atoms with Crippen LogP contribution in [0, 0.1) is 11.6 Å². The van der Waals surface area contributed by atoms with Crippen molar-refractivity contribution in [2.45, 2.75) is 19.4 Å². The van der Waals surface area contributed by atoms with Gasteiger partial charge in [0.2, 0.25) is 0 Å². The van der Waals surface area contributed by atoms with E-state index in [1.807, 2.05) is 0 Å². The van der Waals surface area contributed by atoms with E-state index in [-0.39, 0.29) is 0 Å². The Labute approximate surface area is 107 Å². The Bertz CT molecular complexity index is 613. The fraction of sp³-hybridized carbons (Fsp3) is 0.250. The Kier molecular flexibility index (Phi) is 3.55. The average Bonchev–Trinajstić information content (AvgIpc) is 2.82. The summed E-state index contributed by atoms with van der Waals surface area (Å²) in [5, 5.41) is 16.4. The SMILES string of the molecule is CCC(C(=O)O)n1nncc1-c1ccc(F)c(F)c1. The maximum atomic E-state index is 13.2. The highest BCUT2D eigenvalue weighted by Gasteiger charge is 2.22. The molecule has 0 bridgehead atoms. The van der Waals surface area contributed by atoms with Crippen LogP contribution in [0.2, 0.25) is 0 Å². The fourth-order valence-electron chi connectivity index (χ4n) is 1.79. The first-order valence-corrected chi connectivity index (χ1v) is 5.63. The van der Waals surface area contributed by atoms with Crippen molar-refractivity contribution < 1.29 is 18.7 Å². The second-order valence-electron chi connectivity index (χ2n) is 3.95. The van der Waals surface area contributed by atoms with Gasteiger partial charge in [0.1, 0.15) is 0 Å². The second-order valence-corrected chi connectivity index (χ2v) is 3.95. The first kappa shape index (κ1) is 13.1. The monoisotopic (exact) mass is 267 g/mol. The first-order valence-electron chi connectivity index (χ1n) is 5.63. The van der Waals surface area contributed by atoms with Crippen molar-refractivity contribution in [3.63, 3.8) is 0 Å². The molecule has 1 N–H and O–H groups in total. The normalized spacial score (nSPS) is 12.4. The van der Waals surface area contributed by atoms with Gasteiger partial charge in [0.15, 0.2) is 17.7 Å². The smallest absolute Gasteiger partial charge is 0.328 e. The molecule has 1 aromatic carbocycles. The molecule has 0 aliphatic rings. The van der Waals surface area contributed by atoms with Crippen LogP contribution in [-0.4, -0.2) is 26.1 Å². The summed E-state index contributed by atoms with van der Waals surface area (Å²) in [6.45, 7) is 1.69. The minimum absolute atomic E-state index is 0.301. The molecule has 0 saturated heterocycles. The highest BCUT2D eigenvalue weighted by molar-refractivity contribution is 5.73. The highest BCUT2D eigenvalue weighted by Crippen LogP contribution is 2.24. The molecule has 1 atom stereocenters. The van der Waals surface area contributed by atoms with Crippen molar-refractivity contribution in [2.75, 3.05) is 0 Å². The van der Waals surface area contributed by atoms with Gasteiger partial charge < -0.3 is 5.11 Å². The number of halogens is 2. The Morgan fingerprint density at radius 2 is 2.16 bits per heavy atom. The van der Waals surface area contributed by atoms with Gasteiger partial charge in [0.25, 0.3) is 0 Å². The zero-order chi connectivity index (χ0) is 14.0. The topological polar surface area (TPSA) is 68.0 Å². The lowest BCUT2D eigenvalue weighted by molar-refractivity contribution is -0.141. The van der Waals surface area contributed by atoms with Crippen LogP contribution in [0.15, 0.2) is 24.4 Å². The third-order valence-electron chi connectivity index (χ3n) is 2.76. The number of hydrogen-bond acceptors (Lipinski definition) is 3. The number of carboxylic acids is 1. The molecule has 19 heavy (non-hydrogen) atoms. The van der Waals surface area contributed by atoms with Crippen molar-refractivity contribution >= 4 is 5.97 Å². The number of carboxylic acid groups (broad SMARTS) is 1. The molecule has 0 saturated carbocycles. The van der Waals surface area contributed by atoms with Crippen LogP contribution in [0.1, 0.15) is 19.4 Å². The summed E-state index contributed by atoms with van der Waals surface area (Å²) < 4.78 is 27.3. The van der Waals surface area contributed by atoms with Gasteiger partial charge in [-0.15, -0.1) is 5.10 Å². The van der Waals surface area contributed by atoms with E-state index in [9.17, 15) is 13.6 Å². The summed E-state index contributed by atoms with van der Waals surface area (Å²) in [4.78, 5) is 11.1. The number of benzene rings is 1. The molecule has 0 radical (unpaired) electrons. The third kappa shape index (κ3) is 2.44. The average molecular weight is 267 g/mol. The zero-order valence-corrected chi connectivity index (χ0v) is 10.0. The molecule has 0 fully saturated rings. The number of aliphatic carboxylic acids is 1.